The molecule has 1 aromatic carbocycles. The van der Waals surface area contributed by atoms with Crippen molar-refractivity contribution in [1.82, 2.24) is 4.90 Å². The van der Waals surface area contributed by atoms with E-state index in [1.54, 1.807) is 17.0 Å². The van der Waals surface area contributed by atoms with E-state index < -0.39 is 0 Å². The lowest BCUT2D eigenvalue weighted by Gasteiger charge is -2.21. The minimum absolute atomic E-state index is 0.0519. The number of carbonyl (C=O) groups is 1. The summed E-state index contributed by atoms with van der Waals surface area (Å²) in [5.74, 6) is 0.500. The maximum Gasteiger partial charge on any atom is 0.255 e. The fourth-order valence-corrected chi connectivity index (χ4v) is 2.19. The molecule has 0 aromatic heterocycles. The number of nitrogens with zero attached hydrogens (tertiary/aromatic N) is 1. The Labute approximate surface area is 120 Å². The highest BCUT2D eigenvalue weighted by Crippen LogP contribution is 2.26. The first-order chi connectivity index (χ1) is 8.11. The molecule has 0 atom stereocenters. The van der Waals surface area contributed by atoms with Crippen LogP contribution in [-0.2, 0) is 0 Å². The van der Waals surface area contributed by atoms with Crippen LogP contribution >= 0.6 is 39.1 Å². The van der Waals surface area contributed by atoms with Crippen LogP contribution in [0.25, 0.3) is 0 Å². The highest BCUT2D eigenvalue weighted by atomic mass is 79.9. The SMILES string of the molecule is CCN(CCCCl)C(=O)c1cccc(Br)c1Cl. The third-order valence-electron chi connectivity index (χ3n) is 2.41. The van der Waals surface area contributed by atoms with Gasteiger partial charge in [-0.25, -0.2) is 0 Å². The van der Waals surface area contributed by atoms with Crippen molar-refractivity contribution in [2.24, 2.45) is 0 Å². The summed E-state index contributed by atoms with van der Waals surface area (Å²) in [5.41, 5.74) is 0.525. The van der Waals surface area contributed by atoms with E-state index in [2.05, 4.69) is 15.9 Å². The van der Waals surface area contributed by atoms with Crippen LogP contribution in [0.1, 0.15) is 23.7 Å². The second-order valence-corrected chi connectivity index (χ2v) is 5.14. The lowest BCUT2D eigenvalue weighted by atomic mass is 10.2. The molecular formula is C12H14BrCl2NO. The zero-order valence-electron chi connectivity index (χ0n) is 9.55. The van der Waals surface area contributed by atoms with Crippen molar-refractivity contribution in [3.8, 4) is 0 Å². The van der Waals surface area contributed by atoms with E-state index in [1.807, 2.05) is 13.0 Å². The fourth-order valence-electron chi connectivity index (χ4n) is 1.49. The van der Waals surface area contributed by atoms with Gasteiger partial charge >= 0.3 is 0 Å². The second kappa shape index (κ2) is 7.24. The van der Waals surface area contributed by atoms with Crippen molar-refractivity contribution in [2.45, 2.75) is 13.3 Å². The second-order valence-electron chi connectivity index (χ2n) is 3.53. The number of halogens is 3. The zero-order valence-corrected chi connectivity index (χ0v) is 12.6. The minimum atomic E-state index is -0.0519. The molecule has 5 heteroatoms. The van der Waals surface area contributed by atoms with E-state index in [1.165, 1.54) is 0 Å². The number of benzene rings is 1. The monoisotopic (exact) mass is 337 g/mol. The Morgan fingerprint density at radius 3 is 2.76 bits per heavy atom. The molecule has 0 saturated heterocycles. The summed E-state index contributed by atoms with van der Waals surface area (Å²) in [4.78, 5) is 14.0. The molecular weight excluding hydrogens is 325 g/mol. The molecule has 0 spiro atoms. The first-order valence-electron chi connectivity index (χ1n) is 5.41. The summed E-state index contributed by atoms with van der Waals surface area (Å²) >= 11 is 15.1. The van der Waals surface area contributed by atoms with Crippen molar-refractivity contribution in [1.29, 1.82) is 0 Å². The highest BCUT2D eigenvalue weighted by Gasteiger charge is 2.17. The largest absolute Gasteiger partial charge is 0.339 e. The average Bonchev–Trinajstić information content (AvgIpc) is 2.33. The summed E-state index contributed by atoms with van der Waals surface area (Å²) < 4.78 is 0.735. The Balaban J connectivity index is 2.90. The van der Waals surface area contributed by atoms with Gasteiger partial charge in [0.05, 0.1) is 10.6 Å². The molecule has 0 fully saturated rings. The molecule has 1 rings (SSSR count). The Morgan fingerprint density at radius 2 is 2.18 bits per heavy atom. The van der Waals surface area contributed by atoms with Crippen molar-refractivity contribution in [3.63, 3.8) is 0 Å². The molecule has 0 aliphatic heterocycles. The summed E-state index contributed by atoms with van der Waals surface area (Å²) in [7, 11) is 0. The zero-order chi connectivity index (χ0) is 12.8. The quantitative estimate of drug-likeness (QED) is 0.737. The van der Waals surface area contributed by atoms with Crippen LogP contribution in [0.4, 0.5) is 0 Å². The van der Waals surface area contributed by atoms with E-state index in [9.17, 15) is 4.79 Å². The first kappa shape index (κ1) is 14.8. The van der Waals surface area contributed by atoms with Gasteiger partial charge in [0.1, 0.15) is 0 Å². The van der Waals surface area contributed by atoms with Gasteiger partial charge in [-0.2, -0.15) is 0 Å². The van der Waals surface area contributed by atoms with Crippen LogP contribution in [0.3, 0.4) is 0 Å². The number of hydrogen-bond donors (Lipinski definition) is 0. The number of rotatable bonds is 5. The van der Waals surface area contributed by atoms with Crippen molar-refractivity contribution < 1.29 is 4.79 Å². The molecule has 1 aromatic rings. The van der Waals surface area contributed by atoms with Crippen LogP contribution < -0.4 is 0 Å². The number of carbonyl (C=O) groups excluding carboxylic acids is 1. The highest BCUT2D eigenvalue weighted by molar-refractivity contribution is 9.10. The van der Waals surface area contributed by atoms with Crippen LogP contribution in [0.5, 0.6) is 0 Å². The molecule has 0 aliphatic carbocycles. The molecule has 0 heterocycles. The maximum atomic E-state index is 12.2. The van der Waals surface area contributed by atoms with Gasteiger partial charge in [-0.05, 0) is 41.4 Å². The van der Waals surface area contributed by atoms with Crippen molar-refractivity contribution in [3.05, 3.63) is 33.3 Å². The normalized spacial score (nSPS) is 10.4. The van der Waals surface area contributed by atoms with Gasteiger partial charge in [0.15, 0.2) is 0 Å². The Bertz CT molecular complexity index is 398. The van der Waals surface area contributed by atoms with Crippen molar-refractivity contribution >= 4 is 45.0 Å². The summed E-state index contributed by atoms with van der Waals surface area (Å²) in [6, 6.07) is 5.35. The molecule has 94 valence electrons. The van der Waals surface area contributed by atoms with E-state index >= 15 is 0 Å². The number of amides is 1. The molecule has 0 aliphatic rings. The maximum absolute atomic E-state index is 12.2. The third-order valence-corrected chi connectivity index (χ3v) is 3.98. The van der Waals surface area contributed by atoms with Gasteiger partial charge in [-0.15, -0.1) is 11.6 Å². The van der Waals surface area contributed by atoms with Gasteiger partial charge < -0.3 is 4.90 Å². The summed E-state index contributed by atoms with van der Waals surface area (Å²) in [5, 5.41) is 0.460. The van der Waals surface area contributed by atoms with Gasteiger partial charge in [0.2, 0.25) is 0 Å². The Morgan fingerprint density at radius 1 is 1.47 bits per heavy atom. The lowest BCUT2D eigenvalue weighted by Crippen LogP contribution is -2.32. The Kier molecular flexibility index (Phi) is 6.31. The Hall–Kier alpha value is -0.250. The van der Waals surface area contributed by atoms with Crippen LogP contribution in [0, 0.1) is 0 Å². The third kappa shape index (κ3) is 3.87. The summed E-state index contributed by atoms with van der Waals surface area (Å²) in [6.45, 7) is 3.25. The van der Waals surface area contributed by atoms with Crippen molar-refractivity contribution in [2.75, 3.05) is 19.0 Å². The smallest absolute Gasteiger partial charge is 0.255 e. The topological polar surface area (TPSA) is 20.3 Å². The molecule has 0 unspecified atom stereocenters. The molecule has 0 radical (unpaired) electrons. The molecule has 0 saturated carbocycles. The van der Waals surface area contributed by atoms with Gasteiger partial charge in [0.25, 0.3) is 5.91 Å². The first-order valence-corrected chi connectivity index (χ1v) is 7.11. The predicted molar refractivity (Wildman–Crippen MR) is 76.1 cm³/mol. The predicted octanol–water partition coefficient (Wildman–Crippen LogP) is 4.19. The average molecular weight is 339 g/mol. The van der Waals surface area contributed by atoms with E-state index in [-0.39, 0.29) is 5.91 Å². The van der Waals surface area contributed by atoms with Gasteiger partial charge in [0, 0.05) is 23.4 Å². The lowest BCUT2D eigenvalue weighted by molar-refractivity contribution is 0.0765. The standard InChI is InChI=1S/C12H14BrCl2NO/c1-2-16(8-4-7-14)12(17)9-5-3-6-10(13)11(9)15/h3,5-6H,2,4,7-8H2,1H3. The number of alkyl halides is 1. The van der Waals surface area contributed by atoms with Crippen LogP contribution in [-0.4, -0.2) is 29.8 Å². The fraction of sp³-hybridized carbons (Fsp3) is 0.417. The summed E-state index contributed by atoms with van der Waals surface area (Å²) in [6.07, 6.45) is 0.784. The van der Waals surface area contributed by atoms with E-state index in [4.69, 9.17) is 23.2 Å². The van der Waals surface area contributed by atoms with Gasteiger partial charge in [-0.3, -0.25) is 4.79 Å². The molecule has 0 bridgehead atoms. The molecule has 17 heavy (non-hydrogen) atoms. The molecule has 2 nitrogen and oxygen atoms in total. The van der Waals surface area contributed by atoms with Crippen LogP contribution in [0.2, 0.25) is 5.02 Å². The molecule has 1 amide bonds. The number of hydrogen-bond acceptors (Lipinski definition) is 1. The minimum Gasteiger partial charge on any atom is -0.339 e. The van der Waals surface area contributed by atoms with Crippen LogP contribution in [0.15, 0.2) is 22.7 Å². The van der Waals surface area contributed by atoms with Gasteiger partial charge in [-0.1, -0.05) is 17.7 Å². The van der Waals surface area contributed by atoms with E-state index in [0.29, 0.717) is 29.6 Å². The van der Waals surface area contributed by atoms with E-state index in [0.717, 1.165) is 10.9 Å². The molecule has 0 N–H and O–H groups in total.